The molecule has 0 aliphatic carbocycles. The number of nitrogens with one attached hydrogen (secondary N) is 1. The number of hydrogen-bond donors (Lipinski definition) is 1. The summed E-state index contributed by atoms with van der Waals surface area (Å²) in [5.74, 6) is -0.0178. The van der Waals surface area contributed by atoms with Crippen LogP contribution in [0.25, 0.3) is 0 Å². The smallest absolute Gasteiger partial charge is 0.357 e. The fraction of sp³-hybridized carbons (Fsp3) is 0.409. The molecule has 1 saturated heterocycles. The highest BCUT2D eigenvalue weighted by atomic mass is 16.5. The van der Waals surface area contributed by atoms with Crippen molar-refractivity contribution >= 4 is 23.3 Å². The van der Waals surface area contributed by atoms with E-state index in [0.29, 0.717) is 43.6 Å². The monoisotopic (exact) mass is 429 g/mol. The zero-order valence-corrected chi connectivity index (χ0v) is 17.8. The Morgan fingerprint density at radius 1 is 1.10 bits per heavy atom. The summed E-state index contributed by atoms with van der Waals surface area (Å²) in [7, 11) is 0. The van der Waals surface area contributed by atoms with Crippen LogP contribution >= 0.6 is 0 Å². The molecule has 1 fully saturated rings. The third-order valence-corrected chi connectivity index (χ3v) is 4.50. The van der Waals surface area contributed by atoms with E-state index in [1.54, 1.807) is 18.2 Å². The molecule has 1 aromatic carbocycles. The number of morpholine rings is 1. The van der Waals surface area contributed by atoms with Gasteiger partial charge in [0.2, 0.25) is 0 Å². The second-order valence-corrected chi connectivity index (χ2v) is 6.62. The van der Waals surface area contributed by atoms with Gasteiger partial charge in [-0.15, -0.1) is 0 Å². The minimum atomic E-state index is -0.668. The number of benzene rings is 1. The van der Waals surface area contributed by atoms with Crippen LogP contribution in [-0.4, -0.2) is 63.0 Å². The van der Waals surface area contributed by atoms with E-state index in [-0.39, 0.29) is 5.69 Å². The molecule has 9 heteroatoms. The topological polar surface area (TPSA) is 99.2 Å². The van der Waals surface area contributed by atoms with Crippen molar-refractivity contribution in [1.82, 2.24) is 4.98 Å². The molecule has 0 bridgehead atoms. The molecule has 2 heterocycles. The van der Waals surface area contributed by atoms with E-state index in [1.165, 1.54) is 12.3 Å². The molecule has 0 atom stereocenters. The molecule has 166 valence electrons. The van der Waals surface area contributed by atoms with Gasteiger partial charge in [0, 0.05) is 31.4 Å². The second kappa shape index (κ2) is 11.2. The lowest BCUT2D eigenvalue weighted by Crippen LogP contribution is -2.36. The van der Waals surface area contributed by atoms with Crippen LogP contribution < -0.4 is 19.7 Å². The van der Waals surface area contributed by atoms with Crippen LogP contribution in [0.15, 0.2) is 36.5 Å². The lowest BCUT2D eigenvalue weighted by Gasteiger charge is -2.31. The van der Waals surface area contributed by atoms with E-state index in [0.717, 1.165) is 18.8 Å². The molecule has 3 rings (SSSR count). The van der Waals surface area contributed by atoms with Gasteiger partial charge in [-0.1, -0.05) is 6.07 Å². The Balaban J connectivity index is 1.74. The quantitative estimate of drug-likeness (QED) is 0.607. The number of nitrogens with zero attached hydrogens (tertiary/aromatic N) is 2. The van der Waals surface area contributed by atoms with E-state index >= 15 is 0 Å². The molecule has 2 aromatic rings. The van der Waals surface area contributed by atoms with Crippen LogP contribution in [0.2, 0.25) is 0 Å². The van der Waals surface area contributed by atoms with Gasteiger partial charge >= 0.3 is 5.97 Å². The molecule has 0 radical (unpaired) electrons. The van der Waals surface area contributed by atoms with Crippen LogP contribution in [0.5, 0.6) is 11.5 Å². The summed E-state index contributed by atoms with van der Waals surface area (Å²) in [6.45, 7) is 6.96. The highest BCUT2D eigenvalue weighted by molar-refractivity contribution is 5.96. The maximum absolute atomic E-state index is 12.4. The average Bonchev–Trinajstić information content (AvgIpc) is 2.80. The first-order chi connectivity index (χ1) is 15.1. The van der Waals surface area contributed by atoms with Gasteiger partial charge in [0.15, 0.2) is 6.61 Å². The number of aromatic nitrogens is 1. The van der Waals surface area contributed by atoms with Crippen molar-refractivity contribution in [3.8, 4) is 11.5 Å². The van der Waals surface area contributed by atoms with Gasteiger partial charge in [-0.2, -0.15) is 0 Å². The Hall–Kier alpha value is -3.33. The van der Waals surface area contributed by atoms with Crippen molar-refractivity contribution in [1.29, 1.82) is 0 Å². The van der Waals surface area contributed by atoms with Crippen molar-refractivity contribution in [3.05, 3.63) is 42.2 Å². The van der Waals surface area contributed by atoms with E-state index in [9.17, 15) is 9.59 Å². The summed E-state index contributed by atoms with van der Waals surface area (Å²) in [5, 5.41) is 2.75. The first-order valence-corrected chi connectivity index (χ1v) is 10.3. The molecule has 1 aliphatic rings. The summed E-state index contributed by atoms with van der Waals surface area (Å²) in [4.78, 5) is 30.5. The van der Waals surface area contributed by atoms with Crippen molar-refractivity contribution in [2.45, 2.75) is 13.8 Å². The summed E-state index contributed by atoms with van der Waals surface area (Å²) in [5.41, 5.74) is 1.47. The zero-order chi connectivity index (χ0) is 22.1. The van der Waals surface area contributed by atoms with E-state index < -0.39 is 18.5 Å². The standard InChI is InChI=1S/C22H27N3O6/c1-3-29-19-14-18(25-9-11-28-12-10-25)20(30-4-2)13-17(19)24-21(26)15-31-22(27)16-7-5-6-8-23-16/h5-8,13-14H,3-4,9-12,15H2,1-2H3,(H,24,26). The fourth-order valence-electron chi connectivity index (χ4n) is 3.12. The largest absolute Gasteiger partial charge is 0.492 e. The van der Waals surface area contributed by atoms with Crippen LogP contribution in [0, 0.1) is 0 Å². The third kappa shape index (κ3) is 6.08. The van der Waals surface area contributed by atoms with Gasteiger partial charge in [0.1, 0.15) is 17.2 Å². The maximum atomic E-state index is 12.4. The van der Waals surface area contributed by atoms with Gasteiger partial charge in [-0.3, -0.25) is 4.79 Å². The lowest BCUT2D eigenvalue weighted by molar-refractivity contribution is -0.119. The Kier molecular flexibility index (Phi) is 8.05. The van der Waals surface area contributed by atoms with Crippen LogP contribution in [0.3, 0.4) is 0 Å². The molecule has 0 unspecified atom stereocenters. The molecule has 9 nitrogen and oxygen atoms in total. The molecule has 1 N–H and O–H groups in total. The molecule has 0 spiro atoms. The normalized spacial score (nSPS) is 13.4. The number of hydrogen-bond acceptors (Lipinski definition) is 8. The summed E-state index contributed by atoms with van der Waals surface area (Å²) in [6, 6.07) is 8.47. The number of rotatable bonds is 9. The van der Waals surface area contributed by atoms with Crippen molar-refractivity contribution < 1.29 is 28.5 Å². The number of carbonyl (C=O) groups excluding carboxylic acids is 2. The maximum Gasteiger partial charge on any atom is 0.357 e. The highest BCUT2D eigenvalue weighted by Crippen LogP contribution is 2.39. The molecule has 0 saturated carbocycles. The van der Waals surface area contributed by atoms with Crippen LogP contribution in [0.1, 0.15) is 24.3 Å². The van der Waals surface area contributed by atoms with Crippen molar-refractivity contribution in [3.63, 3.8) is 0 Å². The van der Waals surface area contributed by atoms with Gasteiger partial charge < -0.3 is 29.2 Å². The SMILES string of the molecule is CCOc1cc(N2CCOCC2)c(OCC)cc1NC(=O)COC(=O)c1ccccn1. The average molecular weight is 429 g/mol. The van der Waals surface area contributed by atoms with Crippen molar-refractivity contribution in [2.24, 2.45) is 0 Å². The van der Waals surface area contributed by atoms with Gasteiger partial charge in [-0.25, -0.2) is 9.78 Å². The molecular formula is C22H27N3O6. The number of anilines is 2. The fourth-order valence-corrected chi connectivity index (χ4v) is 3.12. The van der Waals surface area contributed by atoms with E-state index in [1.807, 2.05) is 19.9 Å². The first-order valence-electron chi connectivity index (χ1n) is 10.3. The number of ether oxygens (including phenoxy) is 4. The Morgan fingerprint density at radius 3 is 2.52 bits per heavy atom. The summed E-state index contributed by atoms with van der Waals surface area (Å²) >= 11 is 0. The molecular weight excluding hydrogens is 402 g/mol. The second-order valence-electron chi connectivity index (χ2n) is 6.62. The van der Waals surface area contributed by atoms with E-state index in [4.69, 9.17) is 18.9 Å². The first kappa shape index (κ1) is 22.4. The van der Waals surface area contributed by atoms with Crippen LogP contribution in [0.4, 0.5) is 11.4 Å². The summed E-state index contributed by atoms with van der Waals surface area (Å²) < 4.78 is 22.1. The molecule has 1 aliphatic heterocycles. The molecule has 1 amide bonds. The zero-order valence-electron chi connectivity index (χ0n) is 17.8. The predicted molar refractivity (Wildman–Crippen MR) is 115 cm³/mol. The summed E-state index contributed by atoms with van der Waals surface area (Å²) in [6.07, 6.45) is 1.48. The number of amides is 1. The third-order valence-electron chi connectivity index (χ3n) is 4.50. The van der Waals surface area contributed by atoms with Crippen molar-refractivity contribution in [2.75, 3.05) is 56.3 Å². The molecule has 1 aromatic heterocycles. The Morgan fingerprint density at radius 2 is 1.84 bits per heavy atom. The lowest BCUT2D eigenvalue weighted by atomic mass is 10.2. The Bertz CT molecular complexity index is 884. The number of carbonyl (C=O) groups is 2. The minimum Gasteiger partial charge on any atom is -0.492 e. The highest BCUT2D eigenvalue weighted by Gasteiger charge is 2.21. The van der Waals surface area contributed by atoms with Crippen LogP contribution in [-0.2, 0) is 14.3 Å². The van der Waals surface area contributed by atoms with Gasteiger partial charge in [0.05, 0.1) is 37.8 Å². The predicted octanol–water partition coefficient (Wildman–Crippen LogP) is 2.51. The number of esters is 1. The van der Waals surface area contributed by atoms with E-state index in [2.05, 4.69) is 15.2 Å². The minimum absolute atomic E-state index is 0.138. The Labute approximate surface area is 181 Å². The van der Waals surface area contributed by atoms with Gasteiger partial charge in [0.25, 0.3) is 5.91 Å². The molecule has 31 heavy (non-hydrogen) atoms. The number of pyridine rings is 1. The van der Waals surface area contributed by atoms with Gasteiger partial charge in [-0.05, 0) is 26.0 Å².